The molecule has 1 atom stereocenters. The lowest BCUT2D eigenvalue weighted by Crippen LogP contribution is -2.27. The van der Waals surface area contributed by atoms with Crippen LogP contribution in [0.5, 0.6) is 0 Å². The maximum Gasteiger partial charge on any atom is 0.274 e. The number of aromatic amines is 1. The molecule has 0 bridgehead atoms. The summed E-state index contributed by atoms with van der Waals surface area (Å²) in [6, 6.07) is 7.69. The van der Waals surface area contributed by atoms with Crippen LogP contribution >= 0.6 is 15.9 Å². The maximum absolute atomic E-state index is 12.3. The van der Waals surface area contributed by atoms with Gasteiger partial charge in [0.2, 0.25) is 0 Å². The molecule has 0 aliphatic carbocycles. The number of anilines is 1. The number of benzene rings is 1. The largest absolute Gasteiger partial charge is 0.395 e. The van der Waals surface area contributed by atoms with Crippen LogP contribution in [0.15, 0.2) is 28.7 Å². The molecule has 1 amide bonds. The van der Waals surface area contributed by atoms with Gasteiger partial charge in [-0.2, -0.15) is 5.10 Å². The smallest absolute Gasteiger partial charge is 0.274 e. The number of hydrogen-bond donors (Lipinski definition) is 3. The first-order valence-electron chi connectivity index (χ1n) is 6.92. The van der Waals surface area contributed by atoms with Crippen molar-refractivity contribution < 1.29 is 4.79 Å². The molecule has 5 nitrogen and oxygen atoms in total. The predicted octanol–water partition coefficient (Wildman–Crippen LogP) is 3.20. The Labute approximate surface area is 132 Å². The third-order valence-electron chi connectivity index (χ3n) is 3.29. The average molecular weight is 351 g/mol. The van der Waals surface area contributed by atoms with Crippen molar-refractivity contribution in [3.63, 3.8) is 0 Å². The molecule has 4 N–H and O–H groups in total. The summed E-state index contributed by atoms with van der Waals surface area (Å²) in [6.45, 7) is 3.98. The topological polar surface area (TPSA) is 83.8 Å². The molecule has 0 saturated carbocycles. The summed E-state index contributed by atoms with van der Waals surface area (Å²) < 4.78 is 0.977. The second kappa shape index (κ2) is 6.76. The minimum absolute atomic E-state index is 0.124. The van der Waals surface area contributed by atoms with Crippen molar-refractivity contribution in [2.45, 2.75) is 32.7 Å². The van der Waals surface area contributed by atoms with Crippen LogP contribution in [0, 0.1) is 0 Å². The third kappa shape index (κ3) is 3.64. The molecule has 112 valence electrons. The zero-order valence-electron chi connectivity index (χ0n) is 12.1. The van der Waals surface area contributed by atoms with E-state index < -0.39 is 0 Å². The van der Waals surface area contributed by atoms with Crippen molar-refractivity contribution in [1.82, 2.24) is 15.5 Å². The number of nitrogens with two attached hydrogens (primary N) is 1. The quantitative estimate of drug-likeness (QED) is 0.774. The summed E-state index contributed by atoms with van der Waals surface area (Å²) >= 11 is 3.42. The van der Waals surface area contributed by atoms with Crippen molar-refractivity contribution in [2.75, 3.05) is 5.73 Å². The summed E-state index contributed by atoms with van der Waals surface area (Å²) in [5.41, 5.74) is 8.50. The minimum Gasteiger partial charge on any atom is -0.395 e. The van der Waals surface area contributed by atoms with Crippen LogP contribution in [-0.2, 0) is 6.42 Å². The number of nitrogen functional groups attached to an aromatic ring is 1. The molecule has 1 aromatic carbocycles. The Hall–Kier alpha value is -1.82. The first-order chi connectivity index (χ1) is 10.0. The zero-order valence-corrected chi connectivity index (χ0v) is 13.7. The van der Waals surface area contributed by atoms with Gasteiger partial charge in [0, 0.05) is 4.47 Å². The number of rotatable bonds is 5. The standard InChI is InChI=1S/C15H19BrN4O/c1-3-5-12-13(17)14(20-19-12)15(21)18-9(2)10-6-4-7-11(16)8-10/h4,6-9H,3,5,17H2,1-2H3,(H,18,21)(H,19,20). The van der Waals surface area contributed by atoms with Crippen molar-refractivity contribution in [3.05, 3.63) is 45.7 Å². The molecule has 0 aliphatic heterocycles. The number of hydrogen-bond acceptors (Lipinski definition) is 3. The predicted molar refractivity (Wildman–Crippen MR) is 87.0 cm³/mol. The van der Waals surface area contributed by atoms with Gasteiger partial charge in [-0.15, -0.1) is 0 Å². The van der Waals surface area contributed by atoms with E-state index in [-0.39, 0.29) is 17.6 Å². The highest BCUT2D eigenvalue weighted by atomic mass is 79.9. The molecule has 0 saturated heterocycles. The molecule has 1 heterocycles. The summed E-state index contributed by atoms with van der Waals surface area (Å²) in [6.07, 6.45) is 1.73. The van der Waals surface area contributed by atoms with E-state index >= 15 is 0 Å². The van der Waals surface area contributed by atoms with E-state index in [0.717, 1.165) is 28.6 Å². The van der Waals surface area contributed by atoms with Gasteiger partial charge in [0.15, 0.2) is 5.69 Å². The van der Waals surface area contributed by atoms with Gasteiger partial charge in [0.1, 0.15) is 0 Å². The van der Waals surface area contributed by atoms with Crippen LogP contribution in [0.25, 0.3) is 0 Å². The van der Waals surface area contributed by atoms with E-state index in [9.17, 15) is 4.79 Å². The lowest BCUT2D eigenvalue weighted by Gasteiger charge is -2.14. The van der Waals surface area contributed by atoms with Gasteiger partial charge >= 0.3 is 0 Å². The second-order valence-electron chi connectivity index (χ2n) is 4.96. The lowest BCUT2D eigenvalue weighted by molar-refractivity contribution is 0.0935. The van der Waals surface area contributed by atoms with E-state index in [2.05, 4.69) is 38.4 Å². The Morgan fingerprint density at radius 2 is 2.29 bits per heavy atom. The monoisotopic (exact) mass is 350 g/mol. The Morgan fingerprint density at radius 1 is 1.52 bits per heavy atom. The van der Waals surface area contributed by atoms with Gasteiger partial charge in [0.25, 0.3) is 5.91 Å². The van der Waals surface area contributed by atoms with Crippen LogP contribution in [0.2, 0.25) is 0 Å². The fourth-order valence-electron chi connectivity index (χ4n) is 2.12. The zero-order chi connectivity index (χ0) is 15.4. The van der Waals surface area contributed by atoms with E-state index in [4.69, 9.17) is 5.73 Å². The van der Waals surface area contributed by atoms with Gasteiger partial charge in [-0.1, -0.05) is 41.4 Å². The highest BCUT2D eigenvalue weighted by Crippen LogP contribution is 2.20. The number of nitrogens with one attached hydrogen (secondary N) is 2. The first kappa shape index (κ1) is 15.6. The van der Waals surface area contributed by atoms with Crippen LogP contribution in [0.4, 0.5) is 5.69 Å². The first-order valence-corrected chi connectivity index (χ1v) is 7.71. The lowest BCUT2D eigenvalue weighted by atomic mass is 10.1. The van der Waals surface area contributed by atoms with Gasteiger partial charge < -0.3 is 11.1 Å². The van der Waals surface area contributed by atoms with Crippen LogP contribution < -0.4 is 11.1 Å². The number of aromatic nitrogens is 2. The molecular formula is C15H19BrN4O. The van der Waals surface area contributed by atoms with E-state index in [1.165, 1.54) is 0 Å². The molecule has 0 radical (unpaired) electrons. The number of carbonyl (C=O) groups excluding carboxylic acids is 1. The highest BCUT2D eigenvalue weighted by Gasteiger charge is 2.19. The average Bonchev–Trinajstić information content (AvgIpc) is 2.81. The van der Waals surface area contributed by atoms with Crippen molar-refractivity contribution >= 4 is 27.5 Å². The SMILES string of the molecule is CCCc1[nH]nc(C(=O)NC(C)c2cccc(Br)c2)c1N. The minimum atomic E-state index is -0.265. The second-order valence-corrected chi connectivity index (χ2v) is 5.88. The van der Waals surface area contributed by atoms with Gasteiger partial charge in [0.05, 0.1) is 17.4 Å². The Balaban J connectivity index is 2.11. The number of amides is 1. The van der Waals surface area contributed by atoms with Gasteiger partial charge in [-0.3, -0.25) is 9.89 Å². The number of halogens is 1. The van der Waals surface area contributed by atoms with E-state index in [1.54, 1.807) is 0 Å². The Kier molecular flexibility index (Phi) is 5.01. The van der Waals surface area contributed by atoms with E-state index in [0.29, 0.717) is 5.69 Å². The van der Waals surface area contributed by atoms with E-state index in [1.807, 2.05) is 31.2 Å². The molecule has 2 rings (SSSR count). The molecule has 21 heavy (non-hydrogen) atoms. The van der Waals surface area contributed by atoms with Crippen molar-refractivity contribution in [3.8, 4) is 0 Å². The van der Waals surface area contributed by atoms with Crippen LogP contribution in [0.3, 0.4) is 0 Å². The molecule has 0 spiro atoms. The fraction of sp³-hybridized carbons (Fsp3) is 0.333. The Bertz CT molecular complexity index is 638. The summed E-state index contributed by atoms with van der Waals surface area (Å²) in [7, 11) is 0. The summed E-state index contributed by atoms with van der Waals surface area (Å²) in [4.78, 5) is 12.3. The van der Waals surface area contributed by atoms with Crippen molar-refractivity contribution in [2.24, 2.45) is 0 Å². The molecule has 1 unspecified atom stereocenters. The normalized spacial score (nSPS) is 12.1. The number of H-pyrrole nitrogens is 1. The third-order valence-corrected chi connectivity index (χ3v) is 3.79. The molecule has 0 fully saturated rings. The molecule has 2 aromatic rings. The van der Waals surface area contributed by atoms with Gasteiger partial charge in [-0.05, 0) is 31.0 Å². The van der Waals surface area contributed by atoms with Gasteiger partial charge in [-0.25, -0.2) is 0 Å². The Morgan fingerprint density at radius 3 is 2.95 bits per heavy atom. The number of nitrogens with zero attached hydrogens (tertiary/aromatic N) is 1. The fourth-order valence-corrected chi connectivity index (χ4v) is 2.54. The summed E-state index contributed by atoms with van der Waals surface area (Å²) in [5, 5.41) is 9.78. The summed E-state index contributed by atoms with van der Waals surface area (Å²) in [5.74, 6) is -0.265. The molecule has 0 aliphatic rings. The molecule has 6 heteroatoms. The molecule has 1 aromatic heterocycles. The van der Waals surface area contributed by atoms with Crippen LogP contribution in [-0.4, -0.2) is 16.1 Å². The maximum atomic E-state index is 12.3. The van der Waals surface area contributed by atoms with Crippen LogP contribution in [0.1, 0.15) is 48.1 Å². The highest BCUT2D eigenvalue weighted by molar-refractivity contribution is 9.10. The number of aryl methyl sites for hydroxylation is 1. The number of carbonyl (C=O) groups is 1. The van der Waals surface area contributed by atoms with Crippen molar-refractivity contribution in [1.29, 1.82) is 0 Å². The molecular weight excluding hydrogens is 332 g/mol.